The van der Waals surface area contributed by atoms with E-state index in [1.54, 1.807) is 12.0 Å². The number of methoxy groups -OCH3 is 1. The third-order valence-corrected chi connectivity index (χ3v) is 7.75. The van der Waals surface area contributed by atoms with Gasteiger partial charge in [-0.25, -0.2) is 12.7 Å². The van der Waals surface area contributed by atoms with E-state index in [0.717, 1.165) is 35.0 Å². The van der Waals surface area contributed by atoms with Gasteiger partial charge in [0.25, 0.3) is 0 Å². The van der Waals surface area contributed by atoms with E-state index in [9.17, 15) is 18.3 Å². The van der Waals surface area contributed by atoms with Crippen LogP contribution >= 0.6 is 0 Å². The van der Waals surface area contributed by atoms with Crippen LogP contribution in [0.4, 0.5) is 0 Å². The van der Waals surface area contributed by atoms with Gasteiger partial charge in [0.2, 0.25) is 15.9 Å². The molecule has 1 aromatic heterocycles. The molecule has 3 aliphatic rings. The minimum Gasteiger partial charge on any atom is -0.497 e. The maximum Gasteiger partial charge on any atom is 0.226 e. The Morgan fingerprint density at radius 3 is 2.62 bits per heavy atom. The van der Waals surface area contributed by atoms with Gasteiger partial charge >= 0.3 is 0 Å². The first-order chi connectivity index (χ1) is 13.8. The Morgan fingerprint density at radius 2 is 2.03 bits per heavy atom. The van der Waals surface area contributed by atoms with Crippen LogP contribution < -0.4 is 4.74 Å². The largest absolute Gasteiger partial charge is 0.497 e. The normalized spacial score (nSPS) is 23.8. The smallest absolute Gasteiger partial charge is 0.226 e. The number of amides is 1. The molecular formula is C20H25N3O5S. The van der Waals surface area contributed by atoms with Crippen LogP contribution in [-0.2, 0) is 20.2 Å². The Morgan fingerprint density at radius 1 is 1.31 bits per heavy atom. The molecule has 0 radical (unpaired) electrons. The van der Waals surface area contributed by atoms with E-state index >= 15 is 0 Å². The second-order valence-electron chi connectivity index (χ2n) is 8.58. The number of aliphatic hydroxyl groups is 1. The molecule has 1 amide bonds. The maximum atomic E-state index is 13.0. The summed E-state index contributed by atoms with van der Waals surface area (Å²) in [6.07, 6.45) is 2.98. The van der Waals surface area contributed by atoms with Gasteiger partial charge in [0.15, 0.2) is 0 Å². The molecule has 5 rings (SSSR count). The monoisotopic (exact) mass is 419 g/mol. The molecule has 2 aromatic rings. The standard InChI is InChI=1S/C20H25N3O5S/c1-28-13-5-6-14-15(7-13)21-18-16(8-24)23(19(25)12-3-4-12)11-20(17(14)18)9-22(10-20)29(2,26)27/h5-7,12,16,21,24H,3-4,8-11H2,1-2H3/t16-/m1/s1. The third-order valence-electron chi connectivity index (χ3n) is 6.56. The van der Waals surface area contributed by atoms with Gasteiger partial charge in [0.1, 0.15) is 5.75 Å². The van der Waals surface area contributed by atoms with E-state index in [0.29, 0.717) is 25.4 Å². The van der Waals surface area contributed by atoms with Crippen molar-refractivity contribution < 1.29 is 23.1 Å². The highest BCUT2D eigenvalue weighted by Gasteiger charge is 2.56. The number of nitrogens with one attached hydrogen (secondary N) is 1. The van der Waals surface area contributed by atoms with Crippen LogP contribution in [0.2, 0.25) is 0 Å². The second kappa shape index (κ2) is 6.20. The summed E-state index contributed by atoms with van der Waals surface area (Å²) in [7, 11) is -1.70. The molecule has 9 heteroatoms. The van der Waals surface area contributed by atoms with Crippen LogP contribution in [0, 0.1) is 5.92 Å². The van der Waals surface area contributed by atoms with Crippen LogP contribution in [0.1, 0.15) is 30.1 Å². The van der Waals surface area contributed by atoms with Crippen molar-refractivity contribution in [2.24, 2.45) is 5.92 Å². The molecule has 2 fully saturated rings. The summed E-state index contributed by atoms with van der Waals surface area (Å²) in [6.45, 7) is 0.918. The molecule has 8 nitrogen and oxygen atoms in total. The van der Waals surface area contributed by atoms with E-state index in [1.165, 1.54) is 10.6 Å². The van der Waals surface area contributed by atoms with Crippen LogP contribution in [0.25, 0.3) is 10.9 Å². The fourth-order valence-electron chi connectivity index (χ4n) is 4.92. The van der Waals surface area contributed by atoms with Crippen LogP contribution in [0.5, 0.6) is 5.75 Å². The minimum atomic E-state index is -3.30. The molecule has 2 N–H and O–H groups in total. The number of hydrogen-bond acceptors (Lipinski definition) is 5. The highest BCUT2D eigenvalue weighted by Crippen LogP contribution is 2.50. The second-order valence-corrected chi connectivity index (χ2v) is 10.6. The van der Waals surface area contributed by atoms with Crippen molar-refractivity contribution in [3.63, 3.8) is 0 Å². The van der Waals surface area contributed by atoms with Crippen molar-refractivity contribution in [1.29, 1.82) is 0 Å². The number of ether oxygens (including phenoxy) is 1. The zero-order valence-corrected chi connectivity index (χ0v) is 17.3. The average Bonchev–Trinajstić information content (AvgIpc) is 3.43. The number of fused-ring (bicyclic) bond motifs is 4. The number of hydrogen-bond donors (Lipinski definition) is 2. The quantitative estimate of drug-likeness (QED) is 0.769. The zero-order valence-electron chi connectivity index (χ0n) is 16.5. The van der Waals surface area contributed by atoms with Gasteiger partial charge < -0.3 is 19.7 Å². The molecule has 1 saturated heterocycles. The summed E-state index contributed by atoms with van der Waals surface area (Å²) in [5, 5.41) is 11.2. The lowest BCUT2D eigenvalue weighted by Crippen LogP contribution is -2.68. The number of sulfonamides is 1. The van der Waals surface area contributed by atoms with E-state index in [4.69, 9.17) is 4.74 Å². The number of H-pyrrole nitrogens is 1. The first-order valence-corrected chi connectivity index (χ1v) is 11.7. The third kappa shape index (κ3) is 2.78. The van der Waals surface area contributed by atoms with Crippen molar-refractivity contribution in [2.45, 2.75) is 24.3 Å². The van der Waals surface area contributed by atoms with Gasteiger partial charge in [-0.05, 0) is 30.5 Å². The van der Waals surface area contributed by atoms with Gasteiger partial charge in [-0.1, -0.05) is 0 Å². The average molecular weight is 420 g/mol. The molecule has 29 heavy (non-hydrogen) atoms. The summed E-state index contributed by atoms with van der Waals surface area (Å²) < 4.78 is 30.9. The number of carbonyl (C=O) groups excluding carboxylic acids is 1. The van der Waals surface area contributed by atoms with Crippen LogP contribution in [0.3, 0.4) is 0 Å². The van der Waals surface area contributed by atoms with Gasteiger partial charge in [0, 0.05) is 53.6 Å². The molecule has 1 spiro atoms. The number of benzene rings is 1. The highest BCUT2D eigenvalue weighted by atomic mass is 32.2. The van der Waals surface area contributed by atoms with Crippen molar-refractivity contribution in [2.75, 3.05) is 39.6 Å². The van der Waals surface area contributed by atoms with E-state index in [2.05, 4.69) is 4.98 Å². The molecule has 2 aliphatic heterocycles. The Hall–Kier alpha value is -2.10. The summed E-state index contributed by atoms with van der Waals surface area (Å²) in [4.78, 5) is 18.2. The summed E-state index contributed by atoms with van der Waals surface area (Å²) >= 11 is 0. The maximum absolute atomic E-state index is 13.0. The fourth-order valence-corrected chi connectivity index (χ4v) is 5.89. The van der Waals surface area contributed by atoms with Crippen molar-refractivity contribution in [3.05, 3.63) is 29.5 Å². The molecule has 1 atom stereocenters. The summed E-state index contributed by atoms with van der Waals surface area (Å²) in [5.41, 5.74) is 2.23. The Labute approximate surface area is 169 Å². The number of rotatable bonds is 4. The van der Waals surface area contributed by atoms with Crippen molar-refractivity contribution >= 4 is 26.8 Å². The number of aromatic amines is 1. The Bertz CT molecular complexity index is 1100. The number of carbonyl (C=O) groups is 1. The van der Waals surface area contributed by atoms with Gasteiger partial charge in [0.05, 0.1) is 26.0 Å². The number of nitrogens with zero attached hydrogens (tertiary/aromatic N) is 2. The van der Waals surface area contributed by atoms with E-state index < -0.39 is 21.5 Å². The number of aromatic nitrogens is 1. The summed E-state index contributed by atoms with van der Waals surface area (Å²) in [5.74, 6) is 0.796. The lowest BCUT2D eigenvalue weighted by molar-refractivity contribution is -0.139. The topological polar surface area (TPSA) is 103 Å². The molecule has 0 unspecified atom stereocenters. The zero-order chi connectivity index (χ0) is 20.6. The van der Waals surface area contributed by atoms with Crippen LogP contribution in [-0.4, -0.2) is 73.2 Å². The van der Waals surface area contributed by atoms with Crippen molar-refractivity contribution in [3.8, 4) is 5.75 Å². The molecule has 0 bridgehead atoms. The van der Waals surface area contributed by atoms with E-state index in [-0.39, 0.29) is 18.4 Å². The molecule has 156 valence electrons. The lowest BCUT2D eigenvalue weighted by atomic mass is 9.70. The van der Waals surface area contributed by atoms with Gasteiger partial charge in [-0.2, -0.15) is 0 Å². The molecule has 1 aliphatic carbocycles. The first kappa shape index (κ1) is 18.9. The molecule has 1 saturated carbocycles. The van der Waals surface area contributed by atoms with E-state index in [1.807, 2.05) is 18.2 Å². The first-order valence-electron chi connectivity index (χ1n) is 9.84. The lowest BCUT2D eigenvalue weighted by Gasteiger charge is -2.55. The van der Waals surface area contributed by atoms with Crippen molar-refractivity contribution in [1.82, 2.24) is 14.2 Å². The fraction of sp³-hybridized carbons (Fsp3) is 0.550. The Balaban J connectivity index is 1.67. The molecule has 1 aromatic carbocycles. The molecular weight excluding hydrogens is 394 g/mol. The van der Waals surface area contributed by atoms with Gasteiger partial charge in [-0.15, -0.1) is 0 Å². The summed E-state index contributed by atoms with van der Waals surface area (Å²) in [6, 6.07) is 5.30. The number of aliphatic hydroxyl groups excluding tert-OH is 1. The highest BCUT2D eigenvalue weighted by molar-refractivity contribution is 7.88. The van der Waals surface area contributed by atoms with Gasteiger partial charge in [-0.3, -0.25) is 4.79 Å². The predicted molar refractivity (Wildman–Crippen MR) is 107 cm³/mol. The predicted octanol–water partition coefficient (Wildman–Crippen LogP) is 0.975. The van der Waals surface area contributed by atoms with Crippen LogP contribution in [0.15, 0.2) is 18.2 Å². The Kier molecular flexibility index (Phi) is 4.04. The molecule has 3 heterocycles. The SMILES string of the molecule is COc1ccc2c3c([nH]c2c1)[C@@H](CO)N(C(=O)C1CC1)CC31CN(S(C)(=O)=O)C1. The minimum absolute atomic E-state index is 0.0261.